The predicted octanol–water partition coefficient (Wildman–Crippen LogP) is 0.0144. The molecule has 6 nitrogen and oxygen atoms in total. The average Bonchev–Trinajstić information content (AvgIpc) is 3.03. The highest BCUT2D eigenvalue weighted by Crippen LogP contribution is 2.20. The summed E-state index contributed by atoms with van der Waals surface area (Å²) in [7, 11) is 0. The van der Waals surface area contributed by atoms with Crippen LogP contribution in [0.3, 0.4) is 0 Å². The van der Waals surface area contributed by atoms with E-state index >= 15 is 0 Å². The molecule has 2 N–H and O–H groups in total. The molecule has 0 bridgehead atoms. The lowest BCUT2D eigenvalue weighted by atomic mass is 10.2. The zero-order valence-electron chi connectivity index (χ0n) is 10.5. The van der Waals surface area contributed by atoms with Crippen LogP contribution in [0.15, 0.2) is 0 Å². The van der Waals surface area contributed by atoms with Gasteiger partial charge in [-0.15, -0.1) is 0 Å². The molecular formula is C12H22O6. The van der Waals surface area contributed by atoms with Crippen molar-refractivity contribution in [1.29, 1.82) is 0 Å². The Morgan fingerprint density at radius 2 is 1.22 bits per heavy atom. The fourth-order valence-electron chi connectivity index (χ4n) is 2.13. The van der Waals surface area contributed by atoms with E-state index in [2.05, 4.69) is 0 Å². The van der Waals surface area contributed by atoms with Crippen LogP contribution < -0.4 is 0 Å². The molecule has 106 valence electrons. The van der Waals surface area contributed by atoms with E-state index in [1.54, 1.807) is 0 Å². The number of unbranched alkanes of at least 4 members (excludes halogenated alkanes) is 1. The molecule has 2 fully saturated rings. The third-order valence-corrected chi connectivity index (χ3v) is 3.16. The summed E-state index contributed by atoms with van der Waals surface area (Å²) in [5.41, 5.74) is 0. The van der Waals surface area contributed by atoms with Crippen molar-refractivity contribution in [1.82, 2.24) is 0 Å². The van der Waals surface area contributed by atoms with Crippen LogP contribution in [0.2, 0.25) is 0 Å². The smallest absolute Gasteiger partial charge is 0.158 e. The van der Waals surface area contributed by atoms with Gasteiger partial charge in [0.2, 0.25) is 0 Å². The van der Waals surface area contributed by atoms with Crippen LogP contribution >= 0.6 is 0 Å². The van der Waals surface area contributed by atoms with Crippen LogP contribution in [0.5, 0.6) is 0 Å². The lowest BCUT2D eigenvalue weighted by molar-refractivity contribution is -0.0789. The third-order valence-electron chi connectivity index (χ3n) is 3.16. The van der Waals surface area contributed by atoms with Crippen molar-refractivity contribution in [3.63, 3.8) is 0 Å². The Morgan fingerprint density at radius 3 is 1.56 bits per heavy atom. The van der Waals surface area contributed by atoms with Crippen molar-refractivity contribution in [2.75, 3.05) is 26.4 Å². The average molecular weight is 262 g/mol. The molecule has 0 radical (unpaired) electrons. The number of ether oxygens (including phenoxy) is 4. The van der Waals surface area contributed by atoms with Gasteiger partial charge in [0.05, 0.1) is 26.4 Å². The van der Waals surface area contributed by atoms with Gasteiger partial charge >= 0.3 is 0 Å². The highest BCUT2D eigenvalue weighted by molar-refractivity contribution is 4.66. The highest BCUT2D eigenvalue weighted by atomic mass is 16.7. The minimum absolute atomic E-state index is 0.0167. The SMILES string of the molecule is OCC1COC(CCCCC2OCC(CO)O2)O1. The van der Waals surface area contributed by atoms with E-state index in [1.807, 2.05) is 0 Å². The molecule has 4 unspecified atom stereocenters. The van der Waals surface area contributed by atoms with Gasteiger partial charge in [-0.05, 0) is 25.7 Å². The molecule has 2 aliphatic heterocycles. The molecule has 0 amide bonds. The molecule has 0 aromatic rings. The normalized spacial score (nSPS) is 36.3. The molecule has 2 aliphatic rings. The van der Waals surface area contributed by atoms with Gasteiger partial charge < -0.3 is 29.2 Å². The third kappa shape index (κ3) is 4.15. The first-order valence-corrected chi connectivity index (χ1v) is 6.57. The molecule has 4 atom stereocenters. The van der Waals surface area contributed by atoms with E-state index in [1.165, 1.54) is 0 Å². The van der Waals surface area contributed by atoms with Gasteiger partial charge in [0, 0.05) is 0 Å². The molecule has 0 saturated carbocycles. The van der Waals surface area contributed by atoms with Crippen LogP contribution in [-0.2, 0) is 18.9 Å². The molecule has 18 heavy (non-hydrogen) atoms. The van der Waals surface area contributed by atoms with Crippen molar-refractivity contribution in [3.8, 4) is 0 Å². The molecule has 2 rings (SSSR count). The van der Waals surface area contributed by atoms with Gasteiger partial charge in [-0.3, -0.25) is 0 Å². The van der Waals surface area contributed by atoms with E-state index in [-0.39, 0.29) is 38.0 Å². The summed E-state index contributed by atoms with van der Waals surface area (Å²) < 4.78 is 21.7. The molecule has 6 heteroatoms. The lowest BCUT2D eigenvalue weighted by Gasteiger charge is -2.12. The minimum Gasteiger partial charge on any atom is -0.394 e. The Labute approximate surface area is 107 Å². The van der Waals surface area contributed by atoms with Crippen LogP contribution in [0, 0.1) is 0 Å². The van der Waals surface area contributed by atoms with E-state index in [4.69, 9.17) is 29.2 Å². The van der Waals surface area contributed by atoms with Crippen molar-refractivity contribution in [3.05, 3.63) is 0 Å². The number of hydrogen-bond donors (Lipinski definition) is 2. The van der Waals surface area contributed by atoms with Crippen LogP contribution in [0.4, 0.5) is 0 Å². The maximum Gasteiger partial charge on any atom is 0.158 e. The summed E-state index contributed by atoms with van der Waals surface area (Å²) in [5, 5.41) is 17.8. The van der Waals surface area contributed by atoms with Crippen LogP contribution in [0.25, 0.3) is 0 Å². The van der Waals surface area contributed by atoms with Crippen molar-refractivity contribution >= 4 is 0 Å². The van der Waals surface area contributed by atoms with Gasteiger partial charge in [-0.1, -0.05) is 0 Å². The summed E-state index contributed by atoms with van der Waals surface area (Å²) in [6.45, 7) is 0.994. The quantitative estimate of drug-likeness (QED) is 0.630. The Kier molecular flexibility index (Phi) is 5.81. The Hall–Kier alpha value is -0.240. The maximum atomic E-state index is 8.89. The summed E-state index contributed by atoms with van der Waals surface area (Å²) in [6.07, 6.45) is 2.89. The summed E-state index contributed by atoms with van der Waals surface area (Å²) in [4.78, 5) is 0. The van der Waals surface area contributed by atoms with Crippen LogP contribution in [-0.4, -0.2) is 61.4 Å². The van der Waals surface area contributed by atoms with Crippen molar-refractivity contribution < 1.29 is 29.2 Å². The predicted molar refractivity (Wildman–Crippen MR) is 61.9 cm³/mol. The highest BCUT2D eigenvalue weighted by Gasteiger charge is 2.26. The van der Waals surface area contributed by atoms with Gasteiger partial charge in [-0.25, -0.2) is 0 Å². The van der Waals surface area contributed by atoms with Gasteiger partial charge in [-0.2, -0.15) is 0 Å². The summed E-state index contributed by atoms with van der Waals surface area (Å²) in [5.74, 6) is 0. The summed E-state index contributed by atoms with van der Waals surface area (Å²) >= 11 is 0. The zero-order chi connectivity index (χ0) is 12.8. The second kappa shape index (κ2) is 7.37. The number of aliphatic hydroxyl groups is 2. The minimum atomic E-state index is -0.183. The number of aliphatic hydroxyl groups excluding tert-OH is 2. The van der Waals surface area contributed by atoms with E-state index < -0.39 is 0 Å². The molecule has 0 aliphatic carbocycles. The largest absolute Gasteiger partial charge is 0.394 e. The number of rotatable bonds is 7. The standard InChI is InChI=1S/C12H22O6/c13-5-9-7-15-11(17-9)3-1-2-4-12-16-8-10(6-14)18-12/h9-14H,1-8H2. The maximum absolute atomic E-state index is 8.89. The van der Waals surface area contributed by atoms with E-state index in [0.29, 0.717) is 13.2 Å². The van der Waals surface area contributed by atoms with Gasteiger partial charge in [0.15, 0.2) is 12.6 Å². The molecule has 2 saturated heterocycles. The monoisotopic (exact) mass is 262 g/mol. The first-order valence-electron chi connectivity index (χ1n) is 6.57. The second-order valence-electron chi connectivity index (χ2n) is 4.69. The Balaban J connectivity index is 1.49. The topological polar surface area (TPSA) is 77.4 Å². The first-order chi connectivity index (χ1) is 8.81. The molecule has 2 heterocycles. The molecule has 0 spiro atoms. The lowest BCUT2D eigenvalue weighted by Crippen LogP contribution is -2.17. The van der Waals surface area contributed by atoms with Crippen molar-refractivity contribution in [2.45, 2.75) is 50.5 Å². The second-order valence-corrected chi connectivity index (χ2v) is 4.69. The van der Waals surface area contributed by atoms with Gasteiger partial charge in [0.25, 0.3) is 0 Å². The Bertz CT molecular complexity index is 213. The van der Waals surface area contributed by atoms with Crippen LogP contribution in [0.1, 0.15) is 25.7 Å². The van der Waals surface area contributed by atoms with Gasteiger partial charge in [0.1, 0.15) is 12.2 Å². The molecular weight excluding hydrogens is 240 g/mol. The zero-order valence-corrected chi connectivity index (χ0v) is 10.5. The fraction of sp³-hybridized carbons (Fsp3) is 1.00. The summed E-state index contributed by atoms with van der Waals surface area (Å²) in [6, 6.07) is 0. The Morgan fingerprint density at radius 1 is 0.778 bits per heavy atom. The van der Waals surface area contributed by atoms with E-state index in [0.717, 1.165) is 25.7 Å². The first kappa shape index (κ1) is 14.2. The fourth-order valence-corrected chi connectivity index (χ4v) is 2.13. The van der Waals surface area contributed by atoms with Crippen molar-refractivity contribution in [2.24, 2.45) is 0 Å². The molecule has 0 aromatic carbocycles. The number of hydrogen-bond acceptors (Lipinski definition) is 6. The molecule has 0 aromatic heterocycles. The van der Waals surface area contributed by atoms with E-state index in [9.17, 15) is 0 Å².